The Labute approximate surface area is 204 Å². The highest BCUT2D eigenvalue weighted by atomic mass is 79.9. The number of para-hydroxylation sites is 1. The maximum absolute atomic E-state index is 12.9. The molecule has 0 aliphatic carbocycles. The predicted octanol–water partition coefficient (Wildman–Crippen LogP) is 7.40. The van der Waals surface area contributed by atoms with E-state index in [1.165, 1.54) is 17.3 Å². The van der Waals surface area contributed by atoms with Crippen LogP contribution in [0.3, 0.4) is 0 Å². The lowest BCUT2D eigenvalue weighted by Gasteiger charge is -2.14. The Bertz CT molecular complexity index is 1170. The fourth-order valence-electron chi connectivity index (χ4n) is 3.18. The summed E-state index contributed by atoms with van der Waals surface area (Å²) in [7, 11) is 0. The van der Waals surface area contributed by atoms with E-state index in [-0.39, 0.29) is 5.91 Å². The molecule has 1 saturated heterocycles. The van der Waals surface area contributed by atoms with Crippen molar-refractivity contribution >= 4 is 73.5 Å². The van der Waals surface area contributed by atoms with Crippen LogP contribution in [0.25, 0.3) is 6.08 Å². The van der Waals surface area contributed by atoms with Gasteiger partial charge in [-0.25, -0.2) is 0 Å². The maximum Gasteiger partial charge on any atom is 0.270 e. The summed E-state index contributed by atoms with van der Waals surface area (Å²) in [5.41, 5.74) is 3.78. The Balaban J connectivity index is 1.55. The molecule has 3 aromatic carbocycles. The summed E-state index contributed by atoms with van der Waals surface area (Å²) in [5, 5.41) is 0.465. The number of carbonyl (C=O) groups excluding carboxylic acids is 1. The third-order valence-corrected chi connectivity index (χ3v) is 6.76. The summed E-state index contributed by atoms with van der Waals surface area (Å²) in [6.45, 7) is 2.46. The van der Waals surface area contributed by atoms with Crippen molar-refractivity contribution in [2.45, 2.75) is 13.5 Å². The third kappa shape index (κ3) is 5.04. The molecule has 0 radical (unpaired) electrons. The molecule has 0 atom stereocenters. The first-order valence-electron chi connectivity index (χ1n) is 9.43. The molecule has 0 N–H and O–H groups in total. The fourth-order valence-corrected chi connectivity index (χ4v) is 5.46. The van der Waals surface area contributed by atoms with Crippen molar-refractivity contribution in [2.24, 2.45) is 0 Å². The minimum Gasteiger partial charge on any atom is -0.486 e. The van der Waals surface area contributed by atoms with Gasteiger partial charge < -0.3 is 4.74 Å². The van der Waals surface area contributed by atoms with E-state index >= 15 is 0 Å². The summed E-state index contributed by atoms with van der Waals surface area (Å²) >= 11 is 16.7. The average Bonchev–Trinajstić information content (AvgIpc) is 3.01. The lowest BCUT2D eigenvalue weighted by Crippen LogP contribution is -2.27. The largest absolute Gasteiger partial charge is 0.486 e. The average molecular weight is 531 g/mol. The van der Waals surface area contributed by atoms with Crippen molar-refractivity contribution in [3.05, 3.63) is 97.8 Å². The van der Waals surface area contributed by atoms with Gasteiger partial charge in [0.25, 0.3) is 5.91 Å². The van der Waals surface area contributed by atoms with Gasteiger partial charge in [0.15, 0.2) is 10.1 Å². The van der Waals surface area contributed by atoms with Crippen molar-refractivity contribution < 1.29 is 9.53 Å². The molecular formula is C24H17BrClNO2S2. The molecule has 0 spiro atoms. The van der Waals surface area contributed by atoms with Gasteiger partial charge in [-0.05, 0) is 64.3 Å². The highest BCUT2D eigenvalue weighted by molar-refractivity contribution is 9.10. The number of hydrogen-bond donors (Lipinski definition) is 0. The van der Waals surface area contributed by atoms with Crippen LogP contribution in [0.2, 0.25) is 5.02 Å². The highest BCUT2D eigenvalue weighted by Gasteiger charge is 2.33. The molecule has 4 rings (SSSR count). The first kappa shape index (κ1) is 22.1. The molecule has 1 fully saturated rings. The minimum atomic E-state index is -0.145. The topological polar surface area (TPSA) is 29.5 Å². The lowest BCUT2D eigenvalue weighted by molar-refractivity contribution is -0.113. The molecule has 1 aliphatic rings. The van der Waals surface area contributed by atoms with Gasteiger partial charge >= 0.3 is 0 Å². The molecule has 1 aliphatic heterocycles. The number of hydrogen-bond acceptors (Lipinski definition) is 4. The highest BCUT2D eigenvalue weighted by Crippen LogP contribution is 2.39. The number of thiocarbonyl (C=S) groups is 1. The number of rotatable bonds is 5. The summed E-state index contributed by atoms with van der Waals surface area (Å²) in [4.78, 5) is 15.0. The molecule has 1 amide bonds. The zero-order valence-electron chi connectivity index (χ0n) is 16.5. The van der Waals surface area contributed by atoms with Crippen LogP contribution in [0.4, 0.5) is 5.69 Å². The number of ether oxygens (including phenoxy) is 1. The Hall–Kier alpha value is -2.12. The third-order valence-electron chi connectivity index (χ3n) is 4.59. The number of amides is 1. The van der Waals surface area contributed by atoms with Crippen LogP contribution in [0.15, 0.2) is 76.1 Å². The molecule has 0 unspecified atom stereocenters. The number of anilines is 1. The summed E-state index contributed by atoms with van der Waals surface area (Å²) in [6, 6.07) is 21.2. The maximum atomic E-state index is 12.9. The van der Waals surface area contributed by atoms with Crippen LogP contribution in [0, 0.1) is 6.92 Å². The second-order valence-corrected chi connectivity index (χ2v) is 9.88. The van der Waals surface area contributed by atoms with Crippen molar-refractivity contribution in [2.75, 3.05) is 4.90 Å². The molecule has 31 heavy (non-hydrogen) atoms. The SMILES string of the molecule is Cc1cccc(COc2c(Cl)cc(/C=C3/SC(=S)N(c4ccccc4)C3=O)cc2Br)c1. The summed E-state index contributed by atoms with van der Waals surface area (Å²) in [5.74, 6) is 0.422. The molecule has 3 nitrogen and oxygen atoms in total. The molecular weight excluding hydrogens is 514 g/mol. The van der Waals surface area contributed by atoms with Crippen LogP contribution in [-0.2, 0) is 11.4 Å². The van der Waals surface area contributed by atoms with Gasteiger partial charge in [0.05, 0.1) is 20.1 Å². The number of nitrogens with zero attached hydrogens (tertiary/aromatic N) is 1. The van der Waals surface area contributed by atoms with Crippen LogP contribution >= 0.6 is 51.5 Å². The monoisotopic (exact) mass is 529 g/mol. The quantitative estimate of drug-likeness (QED) is 0.254. The van der Waals surface area contributed by atoms with Gasteiger partial charge in [-0.2, -0.15) is 0 Å². The summed E-state index contributed by atoms with van der Waals surface area (Å²) in [6.07, 6.45) is 1.79. The van der Waals surface area contributed by atoms with Crippen molar-refractivity contribution in [3.8, 4) is 5.75 Å². The van der Waals surface area contributed by atoms with Crippen LogP contribution in [-0.4, -0.2) is 10.2 Å². The zero-order chi connectivity index (χ0) is 22.0. The minimum absolute atomic E-state index is 0.145. The van der Waals surface area contributed by atoms with Crippen LogP contribution < -0.4 is 9.64 Å². The van der Waals surface area contributed by atoms with E-state index in [1.807, 2.05) is 61.5 Å². The molecule has 0 aromatic heterocycles. The van der Waals surface area contributed by atoms with Gasteiger partial charge in [-0.1, -0.05) is 83.6 Å². The van der Waals surface area contributed by atoms with E-state index in [4.69, 9.17) is 28.6 Å². The normalized spacial score (nSPS) is 15.1. The van der Waals surface area contributed by atoms with Gasteiger partial charge in [0, 0.05) is 0 Å². The number of carbonyl (C=O) groups is 1. The molecule has 156 valence electrons. The van der Waals surface area contributed by atoms with Gasteiger partial charge in [-0.3, -0.25) is 9.69 Å². The molecule has 0 saturated carbocycles. The van der Waals surface area contributed by atoms with Crippen LogP contribution in [0.5, 0.6) is 5.75 Å². The lowest BCUT2D eigenvalue weighted by atomic mass is 10.1. The Morgan fingerprint density at radius 2 is 1.90 bits per heavy atom. The van der Waals surface area contributed by atoms with E-state index < -0.39 is 0 Å². The first-order valence-corrected chi connectivity index (χ1v) is 11.8. The molecule has 0 bridgehead atoms. The number of aryl methyl sites for hydroxylation is 1. The molecule has 7 heteroatoms. The molecule has 1 heterocycles. The Morgan fingerprint density at radius 1 is 1.13 bits per heavy atom. The van der Waals surface area contributed by atoms with Crippen LogP contribution in [0.1, 0.15) is 16.7 Å². The summed E-state index contributed by atoms with van der Waals surface area (Å²) < 4.78 is 7.17. The Kier molecular flexibility index (Phi) is 6.82. The van der Waals surface area contributed by atoms with Gasteiger partial charge in [-0.15, -0.1) is 0 Å². The number of benzene rings is 3. The zero-order valence-corrected chi connectivity index (χ0v) is 20.4. The fraction of sp³-hybridized carbons (Fsp3) is 0.0833. The standard InChI is InChI=1S/C24H17BrClNO2S2/c1-15-6-5-7-16(10-15)14-29-22-19(25)11-17(12-20(22)26)13-21-23(28)27(24(30)31-21)18-8-3-2-4-9-18/h2-13H,14H2,1H3/b21-13+. The smallest absolute Gasteiger partial charge is 0.270 e. The van der Waals surface area contributed by atoms with Gasteiger partial charge in [0.2, 0.25) is 0 Å². The van der Waals surface area contributed by atoms with E-state index in [9.17, 15) is 4.79 Å². The van der Waals surface area contributed by atoms with E-state index in [2.05, 4.69) is 22.0 Å². The van der Waals surface area contributed by atoms with E-state index in [1.54, 1.807) is 17.0 Å². The number of thioether (sulfide) groups is 1. The van der Waals surface area contributed by atoms with Crippen molar-refractivity contribution in [3.63, 3.8) is 0 Å². The van der Waals surface area contributed by atoms with E-state index in [0.717, 1.165) is 21.3 Å². The van der Waals surface area contributed by atoms with Gasteiger partial charge in [0.1, 0.15) is 6.61 Å². The first-order chi connectivity index (χ1) is 14.9. The van der Waals surface area contributed by atoms with Crippen molar-refractivity contribution in [1.82, 2.24) is 0 Å². The number of halogens is 2. The predicted molar refractivity (Wildman–Crippen MR) is 137 cm³/mol. The second-order valence-electron chi connectivity index (χ2n) is 6.94. The second kappa shape index (κ2) is 9.57. The Morgan fingerprint density at radius 3 is 2.61 bits per heavy atom. The van der Waals surface area contributed by atoms with E-state index in [0.29, 0.717) is 26.6 Å². The molecule has 3 aromatic rings. The van der Waals surface area contributed by atoms with Crippen molar-refractivity contribution in [1.29, 1.82) is 0 Å².